The molecular weight excluding hydrogens is 456 g/mol. The quantitative estimate of drug-likeness (QED) is 0.305. The van der Waals surface area contributed by atoms with E-state index in [9.17, 15) is 23.3 Å². The third-order valence-corrected chi connectivity index (χ3v) is 6.26. The van der Waals surface area contributed by atoms with Crippen LogP contribution >= 0.6 is 11.6 Å². The second-order valence-corrected chi connectivity index (χ2v) is 8.75. The van der Waals surface area contributed by atoms with Crippen molar-refractivity contribution in [3.63, 3.8) is 0 Å². The average Bonchev–Trinajstić information content (AvgIpc) is 2.79. The van der Waals surface area contributed by atoms with E-state index in [-0.39, 0.29) is 16.3 Å². The van der Waals surface area contributed by atoms with Gasteiger partial charge in [-0.05, 0) is 35.9 Å². The molecule has 3 rings (SSSR count). The molecule has 32 heavy (non-hydrogen) atoms. The molecule has 0 aliphatic carbocycles. The summed E-state index contributed by atoms with van der Waals surface area (Å²) in [5, 5.41) is 15.5. The number of carbonyl (C=O) groups is 1. The van der Waals surface area contributed by atoms with Gasteiger partial charge in [0.1, 0.15) is 6.54 Å². The first kappa shape index (κ1) is 22.9. The smallest absolute Gasteiger partial charge is 0.271 e. The second kappa shape index (κ2) is 10.0. The zero-order valence-corrected chi connectivity index (χ0v) is 18.0. The van der Waals surface area contributed by atoms with Crippen LogP contribution in [0.25, 0.3) is 0 Å². The van der Waals surface area contributed by atoms with Crippen LogP contribution in [0.4, 0.5) is 11.4 Å². The van der Waals surface area contributed by atoms with E-state index in [1.165, 1.54) is 48.7 Å². The van der Waals surface area contributed by atoms with E-state index in [0.29, 0.717) is 10.6 Å². The van der Waals surface area contributed by atoms with Gasteiger partial charge < -0.3 is 0 Å². The van der Waals surface area contributed by atoms with Crippen molar-refractivity contribution in [1.29, 1.82) is 0 Å². The van der Waals surface area contributed by atoms with E-state index >= 15 is 0 Å². The standard InChI is InChI=1S/C21H17ClN4O5S/c22-17-11-9-16(10-12-17)14-23-24-21(27)15-25(18-5-4-6-19(13-18)26(28)29)32(30,31)20-7-2-1-3-8-20/h1-14H,15H2,(H,24,27)/b23-14-. The molecule has 0 aliphatic rings. The summed E-state index contributed by atoms with van der Waals surface area (Å²) in [6, 6.07) is 19.2. The van der Waals surface area contributed by atoms with Crippen LogP contribution in [-0.2, 0) is 14.8 Å². The van der Waals surface area contributed by atoms with Crippen LogP contribution in [0.5, 0.6) is 0 Å². The Balaban J connectivity index is 1.87. The number of sulfonamides is 1. The third kappa shape index (κ3) is 5.68. The van der Waals surface area contributed by atoms with Gasteiger partial charge in [0.2, 0.25) is 0 Å². The SMILES string of the molecule is O=C(CN(c1cccc([N+](=O)[O-])c1)S(=O)(=O)c1ccccc1)N/N=C\c1ccc(Cl)cc1. The van der Waals surface area contributed by atoms with Crippen molar-refractivity contribution in [3.8, 4) is 0 Å². The number of hydrogen-bond acceptors (Lipinski definition) is 6. The Bertz CT molecular complexity index is 1250. The van der Waals surface area contributed by atoms with Crippen LogP contribution in [0.3, 0.4) is 0 Å². The van der Waals surface area contributed by atoms with Gasteiger partial charge in [-0.15, -0.1) is 0 Å². The summed E-state index contributed by atoms with van der Waals surface area (Å²) in [4.78, 5) is 22.9. The van der Waals surface area contributed by atoms with E-state index in [1.807, 2.05) is 0 Å². The summed E-state index contributed by atoms with van der Waals surface area (Å²) in [7, 11) is -4.19. The minimum absolute atomic E-state index is 0.0279. The van der Waals surface area contributed by atoms with E-state index in [2.05, 4.69) is 10.5 Å². The molecule has 3 aromatic carbocycles. The number of hydrogen-bond donors (Lipinski definition) is 1. The lowest BCUT2D eigenvalue weighted by Crippen LogP contribution is -2.39. The van der Waals surface area contributed by atoms with Crippen LogP contribution in [0, 0.1) is 10.1 Å². The van der Waals surface area contributed by atoms with Gasteiger partial charge in [-0.25, -0.2) is 13.8 Å². The molecule has 0 aliphatic heterocycles. The molecule has 0 fully saturated rings. The fourth-order valence-electron chi connectivity index (χ4n) is 2.69. The van der Waals surface area contributed by atoms with Gasteiger partial charge in [-0.1, -0.05) is 48.0 Å². The highest BCUT2D eigenvalue weighted by molar-refractivity contribution is 7.92. The van der Waals surface area contributed by atoms with Crippen LogP contribution in [0.2, 0.25) is 5.02 Å². The number of nitrogens with zero attached hydrogens (tertiary/aromatic N) is 3. The number of nitro benzene ring substituents is 1. The Labute approximate surface area is 189 Å². The maximum Gasteiger partial charge on any atom is 0.271 e. The maximum atomic E-state index is 13.2. The van der Waals surface area contributed by atoms with Crippen LogP contribution < -0.4 is 9.73 Å². The molecule has 0 aromatic heterocycles. The number of nitrogens with one attached hydrogen (secondary N) is 1. The minimum atomic E-state index is -4.19. The van der Waals surface area contributed by atoms with Crippen molar-refractivity contribution in [1.82, 2.24) is 5.43 Å². The summed E-state index contributed by atoms with van der Waals surface area (Å²) < 4.78 is 27.2. The highest BCUT2D eigenvalue weighted by Gasteiger charge is 2.28. The van der Waals surface area contributed by atoms with E-state index in [1.54, 1.807) is 30.3 Å². The average molecular weight is 473 g/mol. The first-order valence-corrected chi connectivity index (χ1v) is 11.0. The minimum Gasteiger partial charge on any atom is -0.271 e. The number of carbonyl (C=O) groups excluding carboxylic acids is 1. The molecule has 0 spiro atoms. The third-order valence-electron chi connectivity index (χ3n) is 4.22. The normalized spacial score (nSPS) is 11.3. The number of anilines is 1. The summed E-state index contributed by atoms with van der Waals surface area (Å²) in [6.45, 7) is -0.643. The molecule has 0 unspecified atom stereocenters. The summed E-state index contributed by atoms with van der Waals surface area (Å²) in [5.41, 5.74) is 2.60. The predicted molar refractivity (Wildman–Crippen MR) is 121 cm³/mol. The molecule has 11 heteroatoms. The summed E-state index contributed by atoms with van der Waals surface area (Å²) in [5.74, 6) is -0.735. The van der Waals surface area contributed by atoms with Gasteiger partial charge in [-0.2, -0.15) is 5.10 Å². The van der Waals surface area contributed by atoms with Gasteiger partial charge in [0.15, 0.2) is 0 Å². The number of nitro groups is 1. The van der Waals surface area contributed by atoms with Gasteiger partial charge in [-0.3, -0.25) is 19.2 Å². The van der Waals surface area contributed by atoms with Crippen LogP contribution in [0.15, 0.2) is 88.9 Å². The van der Waals surface area contributed by atoms with Gasteiger partial charge in [0.25, 0.3) is 21.6 Å². The van der Waals surface area contributed by atoms with Crippen molar-refractivity contribution < 1.29 is 18.1 Å². The molecule has 0 radical (unpaired) electrons. The fraction of sp³-hybridized carbons (Fsp3) is 0.0476. The fourth-order valence-corrected chi connectivity index (χ4v) is 4.25. The molecule has 0 heterocycles. The topological polar surface area (TPSA) is 122 Å². The zero-order chi connectivity index (χ0) is 23.1. The van der Waals surface area contributed by atoms with Gasteiger partial charge in [0, 0.05) is 17.2 Å². The van der Waals surface area contributed by atoms with E-state index < -0.39 is 27.4 Å². The van der Waals surface area contributed by atoms with Crippen LogP contribution in [-0.4, -0.2) is 32.0 Å². The van der Waals surface area contributed by atoms with E-state index in [4.69, 9.17) is 11.6 Å². The molecule has 164 valence electrons. The molecule has 9 nitrogen and oxygen atoms in total. The number of hydrazone groups is 1. The van der Waals surface area contributed by atoms with Crippen molar-refractivity contribution >= 4 is 45.1 Å². The van der Waals surface area contributed by atoms with Crippen molar-refractivity contribution in [2.24, 2.45) is 5.10 Å². The monoisotopic (exact) mass is 472 g/mol. The first-order valence-electron chi connectivity index (χ1n) is 9.17. The van der Waals surface area contributed by atoms with Crippen LogP contribution in [0.1, 0.15) is 5.56 Å². The Kier molecular flexibility index (Phi) is 7.18. The molecule has 0 bridgehead atoms. The largest absolute Gasteiger partial charge is 0.271 e. The molecular formula is C21H17ClN4O5S. The molecule has 3 aromatic rings. The highest BCUT2D eigenvalue weighted by Crippen LogP contribution is 2.26. The Hall–Kier alpha value is -3.76. The van der Waals surface area contributed by atoms with E-state index in [0.717, 1.165) is 10.4 Å². The summed E-state index contributed by atoms with van der Waals surface area (Å²) >= 11 is 5.82. The Morgan fingerprint density at radius 3 is 2.41 bits per heavy atom. The molecule has 0 saturated heterocycles. The first-order chi connectivity index (χ1) is 15.3. The molecule has 1 N–H and O–H groups in total. The number of non-ortho nitro benzene ring substituents is 1. The Morgan fingerprint density at radius 2 is 1.75 bits per heavy atom. The van der Waals surface area contributed by atoms with Gasteiger partial charge >= 0.3 is 0 Å². The Morgan fingerprint density at radius 1 is 1.06 bits per heavy atom. The lowest BCUT2D eigenvalue weighted by molar-refractivity contribution is -0.384. The lowest BCUT2D eigenvalue weighted by Gasteiger charge is -2.23. The molecule has 0 saturated carbocycles. The maximum absolute atomic E-state index is 13.2. The summed E-state index contributed by atoms with van der Waals surface area (Å²) in [6.07, 6.45) is 1.37. The zero-order valence-electron chi connectivity index (χ0n) is 16.5. The van der Waals surface area contributed by atoms with Crippen molar-refractivity contribution in [3.05, 3.63) is 99.6 Å². The number of benzene rings is 3. The number of amides is 1. The van der Waals surface area contributed by atoms with Crippen molar-refractivity contribution in [2.45, 2.75) is 4.90 Å². The number of halogens is 1. The lowest BCUT2D eigenvalue weighted by atomic mass is 10.2. The number of rotatable bonds is 8. The molecule has 0 atom stereocenters. The van der Waals surface area contributed by atoms with Crippen molar-refractivity contribution in [2.75, 3.05) is 10.8 Å². The van der Waals surface area contributed by atoms with Gasteiger partial charge in [0.05, 0.1) is 21.7 Å². The highest BCUT2D eigenvalue weighted by atomic mass is 35.5. The second-order valence-electron chi connectivity index (χ2n) is 6.45. The predicted octanol–water partition coefficient (Wildman–Crippen LogP) is 3.59. The molecule has 1 amide bonds.